The highest BCUT2D eigenvalue weighted by Crippen LogP contribution is 2.26. The van der Waals surface area contributed by atoms with Crippen molar-refractivity contribution in [1.82, 2.24) is 4.57 Å². The molecule has 0 saturated carbocycles. The van der Waals surface area contributed by atoms with Crippen molar-refractivity contribution in [1.29, 1.82) is 0 Å². The Labute approximate surface area is 170 Å². The van der Waals surface area contributed by atoms with Crippen LogP contribution >= 0.6 is 34.8 Å². The fourth-order valence-electron chi connectivity index (χ4n) is 2.55. The van der Waals surface area contributed by atoms with E-state index in [1.165, 1.54) is 30.9 Å². The van der Waals surface area contributed by atoms with Gasteiger partial charge in [0.1, 0.15) is 5.15 Å². The number of hydrogen-bond donors (Lipinski definition) is 0. The largest absolute Gasteiger partial charge is 0.468 e. The molecule has 9 heteroatoms. The van der Waals surface area contributed by atoms with E-state index in [0.717, 1.165) is 0 Å². The van der Waals surface area contributed by atoms with Gasteiger partial charge in [-0.25, -0.2) is 0 Å². The Morgan fingerprint density at radius 2 is 1.63 bits per heavy atom. The minimum Gasteiger partial charge on any atom is -0.468 e. The molecular formula is C18H16Cl3NO5. The molecule has 0 aliphatic heterocycles. The van der Waals surface area contributed by atoms with E-state index in [1.807, 2.05) is 0 Å². The number of ether oxygens (including phenoxy) is 2. The molecule has 0 fully saturated rings. The predicted molar refractivity (Wildman–Crippen MR) is 101 cm³/mol. The van der Waals surface area contributed by atoms with Crippen molar-refractivity contribution in [2.24, 2.45) is 5.92 Å². The monoisotopic (exact) mass is 431 g/mol. The molecule has 0 radical (unpaired) electrons. The van der Waals surface area contributed by atoms with Gasteiger partial charge in [-0.1, -0.05) is 34.8 Å². The zero-order chi connectivity index (χ0) is 20.1. The molecule has 6 nitrogen and oxygen atoms in total. The lowest BCUT2D eigenvalue weighted by Gasteiger charge is -2.15. The first-order chi connectivity index (χ1) is 12.8. The van der Waals surface area contributed by atoms with Crippen LogP contribution in [0, 0.1) is 5.92 Å². The van der Waals surface area contributed by atoms with Gasteiger partial charge in [0.05, 0.1) is 24.9 Å². The Morgan fingerprint density at radius 3 is 2.19 bits per heavy atom. The lowest BCUT2D eigenvalue weighted by atomic mass is 10.1. The lowest BCUT2D eigenvalue weighted by Crippen LogP contribution is -2.28. The summed E-state index contributed by atoms with van der Waals surface area (Å²) in [6.07, 6.45) is 0.0440. The third-order valence-electron chi connectivity index (χ3n) is 3.95. The molecule has 27 heavy (non-hydrogen) atoms. The zero-order valence-electron chi connectivity index (χ0n) is 14.5. The van der Waals surface area contributed by atoms with E-state index in [-0.39, 0.29) is 40.2 Å². The number of aromatic nitrogens is 1. The predicted octanol–water partition coefficient (Wildman–Crippen LogP) is 4.03. The van der Waals surface area contributed by atoms with Crippen LogP contribution in [0.15, 0.2) is 30.3 Å². The lowest BCUT2D eigenvalue weighted by molar-refractivity contribution is -0.159. The first-order valence-electron chi connectivity index (χ1n) is 7.80. The Morgan fingerprint density at radius 1 is 1.00 bits per heavy atom. The van der Waals surface area contributed by atoms with Gasteiger partial charge in [0.15, 0.2) is 5.92 Å². The SMILES string of the molecule is COC(=O)C(CCn1c(Cl)ccc1C(=O)c1ccc(Cl)cc1Cl)C(=O)OC. The molecule has 0 atom stereocenters. The average Bonchev–Trinajstić information content (AvgIpc) is 3.01. The Hall–Kier alpha value is -2.02. The highest BCUT2D eigenvalue weighted by atomic mass is 35.5. The standard InChI is InChI=1S/C18H16Cl3NO5/c1-26-17(24)12(18(25)27-2)7-8-22-14(5-6-15(22)21)16(23)11-4-3-10(19)9-13(11)20/h3-6,9,12H,7-8H2,1-2H3. The third kappa shape index (κ3) is 4.83. The number of ketones is 1. The van der Waals surface area contributed by atoms with E-state index < -0.39 is 17.9 Å². The molecule has 0 amide bonds. The summed E-state index contributed by atoms with van der Waals surface area (Å²) in [6.45, 7) is 0.118. The second-order valence-electron chi connectivity index (χ2n) is 5.53. The van der Waals surface area contributed by atoms with Crippen LogP contribution in [0.25, 0.3) is 0 Å². The van der Waals surface area contributed by atoms with E-state index in [4.69, 9.17) is 34.8 Å². The number of benzene rings is 1. The smallest absolute Gasteiger partial charge is 0.320 e. The fraction of sp³-hybridized carbons (Fsp3) is 0.278. The van der Waals surface area contributed by atoms with Crippen molar-refractivity contribution in [2.45, 2.75) is 13.0 Å². The van der Waals surface area contributed by atoms with Crippen molar-refractivity contribution in [3.63, 3.8) is 0 Å². The molecule has 1 aromatic heterocycles. The summed E-state index contributed by atoms with van der Waals surface area (Å²) in [4.78, 5) is 36.5. The molecule has 0 N–H and O–H groups in total. The van der Waals surface area contributed by atoms with Crippen molar-refractivity contribution < 1.29 is 23.9 Å². The molecule has 0 saturated heterocycles. The van der Waals surface area contributed by atoms with Crippen LogP contribution < -0.4 is 0 Å². The molecule has 0 unspecified atom stereocenters. The molecule has 0 aliphatic carbocycles. The van der Waals surface area contributed by atoms with Gasteiger partial charge in [0.25, 0.3) is 0 Å². The van der Waals surface area contributed by atoms with Gasteiger partial charge in [0.2, 0.25) is 5.78 Å². The number of nitrogens with zero attached hydrogens (tertiary/aromatic N) is 1. The summed E-state index contributed by atoms with van der Waals surface area (Å²) >= 11 is 18.2. The van der Waals surface area contributed by atoms with Crippen LogP contribution in [0.4, 0.5) is 0 Å². The van der Waals surface area contributed by atoms with E-state index in [1.54, 1.807) is 18.2 Å². The fourth-order valence-corrected chi connectivity index (χ4v) is 3.29. The number of methoxy groups -OCH3 is 2. The molecular weight excluding hydrogens is 417 g/mol. The van der Waals surface area contributed by atoms with Crippen LogP contribution in [0.5, 0.6) is 0 Å². The summed E-state index contributed by atoms with van der Waals surface area (Å²) in [6, 6.07) is 7.63. The molecule has 0 spiro atoms. The Kier molecular flexibility index (Phi) is 7.30. The van der Waals surface area contributed by atoms with E-state index in [0.29, 0.717) is 5.02 Å². The maximum Gasteiger partial charge on any atom is 0.320 e. The number of esters is 2. The van der Waals surface area contributed by atoms with Crippen molar-refractivity contribution in [3.8, 4) is 0 Å². The third-order valence-corrected chi connectivity index (χ3v) is 4.83. The van der Waals surface area contributed by atoms with Crippen molar-refractivity contribution in [2.75, 3.05) is 14.2 Å². The quantitative estimate of drug-likeness (QED) is 0.375. The van der Waals surface area contributed by atoms with Gasteiger partial charge >= 0.3 is 11.9 Å². The highest BCUT2D eigenvalue weighted by Gasteiger charge is 2.29. The second kappa shape index (κ2) is 9.26. The van der Waals surface area contributed by atoms with E-state index >= 15 is 0 Å². The molecule has 1 aromatic carbocycles. The summed E-state index contributed by atoms with van der Waals surface area (Å²) in [5.74, 6) is -2.94. The Bertz CT molecular complexity index is 862. The maximum absolute atomic E-state index is 12.8. The van der Waals surface area contributed by atoms with Crippen LogP contribution in [-0.2, 0) is 25.6 Å². The van der Waals surface area contributed by atoms with Crippen molar-refractivity contribution >= 4 is 52.5 Å². The molecule has 2 rings (SSSR count). The summed E-state index contributed by atoms with van der Waals surface area (Å²) in [7, 11) is 2.36. The minimum atomic E-state index is -1.12. The van der Waals surface area contributed by atoms with Gasteiger partial charge in [-0.15, -0.1) is 0 Å². The number of carbonyl (C=O) groups excluding carboxylic acids is 3. The normalized spacial score (nSPS) is 10.7. The molecule has 1 heterocycles. The maximum atomic E-state index is 12.8. The molecule has 0 bridgehead atoms. The second-order valence-corrected chi connectivity index (χ2v) is 6.76. The van der Waals surface area contributed by atoms with Crippen LogP contribution in [0.3, 0.4) is 0 Å². The number of carbonyl (C=O) groups is 3. The van der Waals surface area contributed by atoms with Crippen LogP contribution in [0.2, 0.25) is 15.2 Å². The average molecular weight is 433 g/mol. The number of hydrogen-bond acceptors (Lipinski definition) is 5. The Balaban J connectivity index is 2.29. The van der Waals surface area contributed by atoms with Gasteiger partial charge in [-0.05, 0) is 36.8 Å². The van der Waals surface area contributed by atoms with Gasteiger partial charge < -0.3 is 14.0 Å². The summed E-state index contributed by atoms with van der Waals surface area (Å²) in [5, 5.41) is 0.888. The topological polar surface area (TPSA) is 74.6 Å². The first-order valence-corrected chi connectivity index (χ1v) is 8.94. The summed E-state index contributed by atoms with van der Waals surface area (Å²) < 4.78 is 10.8. The molecule has 0 aliphatic rings. The van der Waals surface area contributed by atoms with E-state index in [2.05, 4.69) is 9.47 Å². The molecule has 144 valence electrons. The van der Waals surface area contributed by atoms with Gasteiger partial charge in [-0.2, -0.15) is 0 Å². The summed E-state index contributed by atoms with van der Waals surface area (Å²) in [5.41, 5.74) is 0.521. The molecule has 2 aromatic rings. The number of halogens is 3. The highest BCUT2D eigenvalue weighted by molar-refractivity contribution is 6.37. The van der Waals surface area contributed by atoms with Crippen molar-refractivity contribution in [3.05, 3.63) is 56.8 Å². The number of rotatable bonds is 7. The van der Waals surface area contributed by atoms with Crippen LogP contribution in [0.1, 0.15) is 22.5 Å². The minimum absolute atomic E-state index is 0.0440. The first kappa shape index (κ1) is 21.3. The van der Waals surface area contributed by atoms with Gasteiger partial charge in [0, 0.05) is 17.1 Å². The van der Waals surface area contributed by atoms with Crippen LogP contribution in [-0.4, -0.2) is 36.5 Å². The van der Waals surface area contributed by atoms with E-state index in [9.17, 15) is 14.4 Å². The zero-order valence-corrected chi connectivity index (χ0v) is 16.8. The van der Waals surface area contributed by atoms with Gasteiger partial charge in [-0.3, -0.25) is 14.4 Å².